The van der Waals surface area contributed by atoms with Gasteiger partial charge in [0.15, 0.2) is 5.96 Å². The lowest BCUT2D eigenvalue weighted by Crippen LogP contribution is -2.43. The number of guanidine groups is 1. The Labute approximate surface area is 197 Å². The second-order valence-electron chi connectivity index (χ2n) is 7.52. The predicted octanol–water partition coefficient (Wildman–Crippen LogP) is 2.93. The molecule has 0 aromatic heterocycles. The van der Waals surface area contributed by atoms with Crippen molar-refractivity contribution in [1.29, 1.82) is 0 Å². The minimum atomic E-state index is 0. The number of nitrogens with zero attached hydrogens (tertiary/aromatic N) is 3. The van der Waals surface area contributed by atoms with E-state index < -0.39 is 0 Å². The number of hydrogen-bond acceptors (Lipinski definition) is 4. The number of methoxy groups -OCH3 is 1. The number of likely N-dealkylation sites (N-methyl/N-ethyl adjacent to an activating group) is 1. The highest BCUT2D eigenvalue weighted by Crippen LogP contribution is 2.11. The molecule has 0 aliphatic carbocycles. The number of aliphatic imine (C=N–C) groups is 1. The van der Waals surface area contributed by atoms with Crippen LogP contribution in [0.3, 0.4) is 0 Å². The summed E-state index contributed by atoms with van der Waals surface area (Å²) < 4.78 is 5.20. The van der Waals surface area contributed by atoms with Crippen LogP contribution in [0.2, 0.25) is 0 Å². The fraction of sp³-hybridized carbons (Fsp3) is 0.435. The van der Waals surface area contributed by atoms with Gasteiger partial charge in [-0.2, -0.15) is 0 Å². The van der Waals surface area contributed by atoms with Crippen molar-refractivity contribution in [2.75, 3.05) is 47.4 Å². The number of rotatable bonds is 7. The molecule has 30 heavy (non-hydrogen) atoms. The van der Waals surface area contributed by atoms with Gasteiger partial charge in [0, 0.05) is 52.9 Å². The van der Waals surface area contributed by atoms with Gasteiger partial charge in [0.05, 0.1) is 7.11 Å². The number of hydrogen-bond donors (Lipinski definition) is 2. The molecule has 1 saturated heterocycles. The van der Waals surface area contributed by atoms with Gasteiger partial charge < -0.3 is 20.3 Å². The molecule has 2 aromatic rings. The van der Waals surface area contributed by atoms with Crippen LogP contribution in [0.5, 0.6) is 5.75 Å². The van der Waals surface area contributed by atoms with E-state index in [1.165, 1.54) is 16.7 Å². The molecule has 0 radical (unpaired) electrons. The summed E-state index contributed by atoms with van der Waals surface area (Å²) in [5, 5.41) is 6.73. The molecule has 3 rings (SSSR count). The number of nitrogens with one attached hydrogen (secondary N) is 2. The third-order valence-corrected chi connectivity index (χ3v) is 5.33. The first-order valence-corrected chi connectivity index (χ1v) is 10.2. The van der Waals surface area contributed by atoms with Gasteiger partial charge in [0.25, 0.3) is 0 Å². The normalized spacial score (nSPS) is 15.4. The van der Waals surface area contributed by atoms with E-state index >= 15 is 0 Å². The van der Waals surface area contributed by atoms with Crippen LogP contribution in [0.4, 0.5) is 0 Å². The zero-order chi connectivity index (χ0) is 20.5. The highest BCUT2D eigenvalue weighted by Gasteiger charge is 2.13. The monoisotopic (exact) mass is 523 g/mol. The first-order chi connectivity index (χ1) is 14.2. The van der Waals surface area contributed by atoms with Crippen LogP contribution in [-0.4, -0.2) is 63.1 Å². The third-order valence-electron chi connectivity index (χ3n) is 5.33. The standard InChI is InChI=1S/C23H33N5O.HI/c1-24-23(26-17-20-8-10-22(29-3)11-9-20)25-16-19-4-6-21(7-5-19)18-28-14-12-27(2)13-15-28;/h4-11H,12-18H2,1-3H3,(H2,24,25,26);1H. The molecular weight excluding hydrogens is 489 g/mol. The quantitative estimate of drug-likeness (QED) is 0.332. The first-order valence-electron chi connectivity index (χ1n) is 10.2. The van der Waals surface area contributed by atoms with E-state index in [0.29, 0.717) is 6.54 Å². The molecule has 2 aromatic carbocycles. The van der Waals surface area contributed by atoms with Gasteiger partial charge in [-0.05, 0) is 35.9 Å². The second kappa shape index (κ2) is 12.8. The van der Waals surface area contributed by atoms with Gasteiger partial charge in [-0.15, -0.1) is 24.0 Å². The van der Waals surface area contributed by atoms with E-state index in [4.69, 9.17) is 4.74 Å². The Morgan fingerprint density at radius 2 is 1.37 bits per heavy atom. The molecule has 0 amide bonds. The largest absolute Gasteiger partial charge is 0.497 e. The van der Waals surface area contributed by atoms with Crippen molar-refractivity contribution in [3.63, 3.8) is 0 Å². The minimum Gasteiger partial charge on any atom is -0.497 e. The number of piperazine rings is 1. The molecule has 1 aliphatic rings. The zero-order valence-electron chi connectivity index (χ0n) is 18.2. The van der Waals surface area contributed by atoms with E-state index in [0.717, 1.165) is 51.0 Å². The van der Waals surface area contributed by atoms with Gasteiger partial charge in [0.1, 0.15) is 5.75 Å². The molecule has 0 atom stereocenters. The number of halogens is 1. The second-order valence-corrected chi connectivity index (χ2v) is 7.52. The van der Waals surface area contributed by atoms with Crippen molar-refractivity contribution in [1.82, 2.24) is 20.4 Å². The fourth-order valence-corrected chi connectivity index (χ4v) is 3.36. The van der Waals surface area contributed by atoms with Gasteiger partial charge in [0.2, 0.25) is 0 Å². The topological polar surface area (TPSA) is 52.1 Å². The molecule has 164 valence electrons. The van der Waals surface area contributed by atoms with Crippen LogP contribution >= 0.6 is 24.0 Å². The molecule has 1 aliphatic heterocycles. The Bertz CT molecular complexity index is 771. The van der Waals surface area contributed by atoms with Crippen LogP contribution in [0.15, 0.2) is 53.5 Å². The van der Waals surface area contributed by atoms with Gasteiger partial charge in [-0.25, -0.2) is 0 Å². The zero-order valence-corrected chi connectivity index (χ0v) is 20.6. The van der Waals surface area contributed by atoms with Crippen molar-refractivity contribution >= 4 is 29.9 Å². The maximum Gasteiger partial charge on any atom is 0.191 e. The summed E-state index contributed by atoms with van der Waals surface area (Å²) in [6, 6.07) is 16.9. The highest BCUT2D eigenvalue weighted by atomic mass is 127. The maximum absolute atomic E-state index is 5.20. The average molecular weight is 523 g/mol. The Morgan fingerprint density at radius 3 is 1.87 bits per heavy atom. The van der Waals surface area contributed by atoms with E-state index in [-0.39, 0.29) is 24.0 Å². The van der Waals surface area contributed by atoms with Gasteiger partial charge >= 0.3 is 0 Å². The molecule has 6 nitrogen and oxygen atoms in total. The van der Waals surface area contributed by atoms with Crippen molar-refractivity contribution < 1.29 is 4.74 Å². The third kappa shape index (κ3) is 7.77. The lowest BCUT2D eigenvalue weighted by atomic mass is 10.1. The molecule has 1 heterocycles. The summed E-state index contributed by atoms with van der Waals surface area (Å²) in [5.41, 5.74) is 3.81. The van der Waals surface area contributed by atoms with E-state index in [1.54, 1.807) is 14.2 Å². The number of benzene rings is 2. The highest BCUT2D eigenvalue weighted by molar-refractivity contribution is 14.0. The summed E-state index contributed by atoms with van der Waals surface area (Å²) in [5.74, 6) is 1.66. The summed E-state index contributed by atoms with van der Waals surface area (Å²) >= 11 is 0. The summed E-state index contributed by atoms with van der Waals surface area (Å²) in [4.78, 5) is 9.23. The van der Waals surface area contributed by atoms with E-state index in [1.807, 2.05) is 12.1 Å². The Morgan fingerprint density at radius 1 is 0.867 bits per heavy atom. The van der Waals surface area contributed by atoms with E-state index in [2.05, 4.69) is 68.9 Å². The Balaban J connectivity index is 0.00000320. The minimum absolute atomic E-state index is 0. The van der Waals surface area contributed by atoms with Crippen LogP contribution in [-0.2, 0) is 19.6 Å². The molecule has 7 heteroatoms. The Kier molecular flexibility index (Phi) is 10.4. The van der Waals surface area contributed by atoms with Crippen LogP contribution < -0.4 is 15.4 Å². The fourth-order valence-electron chi connectivity index (χ4n) is 3.36. The van der Waals surface area contributed by atoms with Crippen LogP contribution in [0, 0.1) is 0 Å². The first kappa shape index (κ1) is 24.4. The van der Waals surface area contributed by atoms with Crippen molar-refractivity contribution in [3.05, 3.63) is 65.2 Å². The van der Waals surface area contributed by atoms with Crippen molar-refractivity contribution in [2.24, 2.45) is 4.99 Å². The van der Waals surface area contributed by atoms with E-state index in [9.17, 15) is 0 Å². The van der Waals surface area contributed by atoms with Gasteiger partial charge in [-0.3, -0.25) is 9.89 Å². The summed E-state index contributed by atoms with van der Waals surface area (Å²) in [6.45, 7) is 7.11. The molecule has 0 saturated carbocycles. The number of ether oxygens (including phenoxy) is 1. The predicted molar refractivity (Wildman–Crippen MR) is 135 cm³/mol. The van der Waals surface area contributed by atoms with Crippen molar-refractivity contribution in [3.8, 4) is 5.75 Å². The molecular formula is C23H34IN5O. The molecule has 0 spiro atoms. The smallest absolute Gasteiger partial charge is 0.191 e. The SMILES string of the molecule is CN=C(NCc1ccc(CN2CCN(C)CC2)cc1)NCc1ccc(OC)cc1.I. The Hall–Kier alpha value is -1.84. The average Bonchev–Trinajstić information content (AvgIpc) is 2.77. The summed E-state index contributed by atoms with van der Waals surface area (Å²) in [7, 11) is 5.67. The summed E-state index contributed by atoms with van der Waals surface area (Å²) in [6.07, 6.45) is 0. The van der Waals surface area contributed by atoms with Crippen LogP contribution in [0.1, 0.15) is 16.7 Å². The van der Waals surface area contributed by atoms with Crippen molar-refractivity contribution in [2.45, 2.75) is 19.6 Å². The molecule has 2 N–H and O–H groups in total. The van der Waals surface area contributed by atoms with Gasteiger partial charge in [-0.1, -0.05) is 36.4 Å². The molecule has 1 fully saturated rings. The molecule has 0 bridgehead atoms. The molecule has 0 unspecified atom stereocenters. The van der Waals surface area contributed by atoms with Crippen LogP contribution in [0.25, 0.3) is 0 Å². The maximum atomic E-state index is 5.20. The lowest BCUT2D eigenvalue weighted by molar-refractivity contribution is 0.148. The lowest BCUT2D eigenvalue weighted by Gasteiger charge is -2.32.